The van der Waals surface area contributed by atoms with E-state index >= 15 is 0 Å². The van der Waals surface area contributed by atoms with Gasteiger partial charge in [-0.1, -0.05) is 18.2 Å². The summed E-state index contributed by atoms with van der Waals surface area (Å²) in [7, 11) is 1.31. The number of hydrogen-bond acceptors (Lipinski definition) is 4. The number of esters is 1. The van der Waals surface area contributed by atoms with E-state index in [-0.39, 0.29) is 5.69 Å². The number of ether oxygens (including phenoxy) is 1. The molecule has 1 heterocycles. The van der Waals surface area contributed by atoms with Crippen molar-refractivity contribution >= 4 is 5.97 Å². The number of carbonyl (C=O) groups excluding carboxylic acids is 1. The van der Waals surface area contributed by atoms with E-state index in [1.165, 1.54) is 7.11 Å². The first kappa shape index (κ1) is 11.9. The van der Waals surface area contributed by atoms with E-state index in [1.807, 2.05) is 24.3 Å². The Kier molecular flexibility index (Phi) is 3.39. The lowest BCUT2D eigenvalue weighted by Crippen LogP contribution is -2.05. The molecule has 0 unspecified atom stereocenters. The summed E-state index contributed by atoms with van der Waals surface area (Å²) in [5, 5.41) is 12.9. The highest BCUT2D eigenvalue weighted by Gasteiger charge is 2.11. The normalized spacial score (nSPS) is 9.78. The van der Waals surface area contributed by atoms with Crippen molar-refractivity contribution in [2.75, 3.05) is 7.11 Å². The van der Waals surface area contributed by atoms with Crippen molar-refractivity contribution in [3.8, 4) is 11.8 Å². The Balaban J connectivity index is 2.40. The Labute approximate surface area is 104 Å². The van der Waals surface area contributed by atoms with Crippen LogP contribution in [-0.2, 0) is 11.2 Å². The molecule has 90 valence electrons. The maximum absolute atomic E-state index is 11.3. The molecule has 2 aromatic rings. The number of nitriles is 1. The van der Waals surface area contributed by atoms with Crippen LogP contribution in [0, 0.1) is 11.3 Å². The number of methoxy groups -OCH3 is 1. The molecule has 5 nitrogen and oxygen atoms in total. The second-order valence-corrected chi connectivity index (χ2v) is 3.60. The van der Waals surface area contributed by atoms with Crippen LogP contribution >= 0.6 is 0 Å². The van der Waals surface area contributed by atoms with Crippen molar-refractivity contribution in [3.63, 3.8) is 0 Å². The van der Waals surface area contributed by atoms with Gasteiger partial charge in [-0.3, -0.25) is 0 Å². The first-order valence-electron chi connectivity index (χ1n) is 5.35. The van der Waals surface area contributed by atoms with Crippen molar-refractivity contribution in [1.82, 2.24) is 9.78 Å². The lowest BCUT2D eigenvalue weighted by Gasteiger charge is -2.05. The fourth-order valence-electron chi connectivity index (χ4n) is 1.64. The molecule has 1 aromatic heterocycles. The fourth-order valence-corrected chi connectivity index (χ4v) is 1.64. The predicted octanol–water partition coefficient (Wildman–Crippen LogP) is 1.72. The van der Waals surface area contributed by atoms with Gasteiger partial charge in [0.05, 0.1) is 25.3 Å². The van der Waals surface area contributed by atoms with Gasteiger partial charge >= 0.3 is 5.97 Å². The van der Waals surface area contributed by atoms with Crippen LogP contribution in [0.5, 0.6) is 0 Å². The number of carbonyl (C=O) groups is 1. The third kappa shape index (κ3) is 2.23. The van der Waals surface area contributed by atoms with Gasteiger partial charge in [-0.15, -0.1) is 0 Å². The van der Waals surface area contributed by atoms with Crippen LogP contribution in [0.2, 0.25) is 0 Å². The SMILES string of the molecule is COC(=O)c1ccn(-c2ccccc2CC#N)n1. The van der Waals surface area contributed by atoms with Crippen molar-refractivity contribution in [3.05, 3.63) is 47.8 Å². The molecule has 0 aliphatic rings. The van der Waals surface area contributed by atoms with Gasteiger partial charge in [0.2, 0.25) is 0 Å². The highest BCUT2D eigenvalue weighted by atomic mass is 16.5. The molecule has 1 aromatic carbocycles. The van der Waals surface area contributed by atoms with Gasteiger partial charge in [0.1, 0.15) is 0 Å². The first-order valence-corrected chi connectivity index (χ1v) is 5.35. The Morgan fingerprint density at radius 3 is 2.94 bits per heavy atom. The molecule has 0 atom stereocenters. The van der Waals surface area contributed by atoms with Crippen LogP contribution in [-0.4, -0.2) is 22.9 Å². The first-order chi connectivity index (χ1) is 8.76. The lowest BCUT2D eigenvalue weighted by atomic mass is 10.1. The highest BCUT2D eigenvalue weighted by molar-refractivity contribution is 5.86. The standard InChI is InChI=1S/C13H11N3O2/c1-18-13(17)11-7-9-16(15-11)12-5-3-2-4-10(12)6-8-14/h2-5,7,9H,6H2,1H3. The van der Waals surface area contributed by atoms with Crippen LogP contribution in [0.1, 0.15) is 16.1 Å². The quantitative estimate of drug-likeness (QED) is 0.767. The molecule has 0 N–H and O–H groups in total. The number of rotatable bonds is 3. The minimum atomic E-state index is -0.480. The van der Waals surface area contributed by atoms with Crippen molar-refractivity contribution in [2.45, 2.75) is 6.42 Å². The third-order valence-corrected chi connectivity index (χ3v) is 2.49. The van der Waals surface area contributed by atoms with Crippen LogP contribution < -0.4 is 0 Å². The van der Waals surface area contributed by atoms with E-state index in [9.17, 15) is 4.79 Å². The van der Waals surface area contributed by atoms with Crippen LogP contribution in [0.3, 0.4) is 0 Å². The maximum Gasteiger partial charge on any atom is 0.358 e. The smallest absolute Gasteiger partial charge is 0.358 e. The molecule has 0 amide bonds. The van der Waals surface area contributed by atoms with Gasteiger partial charge in [0, 0.05) is 6.20 Å². The number of nitrogens with zero attached hydrogens (tertiary/aromatic N) is 3. The van der Waals surface area contributed by atoms with E-state index in [1.54, 1.807) is 16.9 Å². The summed E-state index contributed by atoms with van der Waals surface area (Å²) in [5.41, 5.74) is 1.89. The van der Waals surface area contributed by atoms with Crippen molar-refractivity contribution in [1.29, 1.82) is 5.26 Å². The zero-order valence-corrected chi connectivity index (χ0v) is 9.83. The second kappa shape index (κ2) is 5.15. The molecule has 0 radical (unpaired) electrons. The summed E-state index contributed by atoms with van der Waals surface area (Å²) < 4.78 is 6.16. The highest BCUT2D eigenvalue weighted by Crippen LogP contribution is 2.14. The fraction of sp³-hybridized carbons (Fsp3) is 0.154. The van der Waals surface area contributed by atoms with Gasteiger partial charge in [0.25, 0.3) is 0 Å². The average molecular weight is 241 g/mol. The summed E-state index contributed by atoms with van der Waals surface area (Å²) in [6.07, 6.45) is 1.96. The molecule has 0 fully saturated rings. The van der Waals surface area contributed by atoms with Crippen molar-refractivity contribution < 1.29 is 9.53 Å². The van der Waals surface area contributed by atoms with Crippen molar-refractivity contribution in [2.24, 2.45) is 0 Å². The zero-order chi connectivity index (χ0) is 13.0. The Morgan fingerprint density at radius 2 is 2.22 bits per heavy atom. The van der Waals surface area contributed by atoms with E-state index in [0.29, 0.717) is 6.42 Å². The number of para-hydroxylation sites is 1. The number of aromatic nitrogens is 2. The van der Waals surface area contributed by atoms with Gasteiger partial charge in [-0.2, -0.15) is 10.4 Å². The van der Waals surface area contributed by atoms with Gasteiger partial charge < -0.3 is 4.74 Å². The van der Waals surface area contributed by atoms with Gasteiger partial charge in [-0.25, -0.2) is 9.48 Å². The van der Waals surface area contributed by atoms with E-state index < -0.39 is 5.97 Å². The number of benzene rings is 1. The Morgan fingerprint density at radius 1 is 1.44 bits per heavy atom. The molecule has 0 aliphatic carbocycles. The summed E-state index contributed by atoms with van der Waals surface area (Å²) in [6.45, 7) is 0. The third-order valence-electron chi connectivity index (χ3n) is 2.49. The van der Waals surface area contributed by atoms with Crippen LogP contribution in [0.4, 0.5) is 0 Å². The van der Waals surface area contributed by atoms with E-state index in [0.717, 1.165) is 11.3 Å². The Bertz CT molecular complexity index is 611. The molecule has 0 spiro atoms. The molecule has 0 bridgehead atoms. The van der Waals surface area contributed by atoms with Gasteiger partial charge in [0.15, 0.2) is 5.69 Å². The van der Waals surface area contributed by atoms with Crippen LogP contribution in [0.25, 0.3) is 5.69 Å². The minimum Gasteiger partial charge on any atom is -0.464 e. The zero-order valence-electron chi connectivity index (χ0n) is 9.83. The summed E-state index contributed by atoms with van der Waals surface area (Å²) in [4.78, 5) is 11.3. The molecule has 0 aliphatic heterocycles. The minimum absolute atomic E-state index is 0.240. The predicted molar refractivity (Wildman–Crippen MR) is 64.2 cm³/mol. The summed E-state index contributed by atoms with van der Waals surface area (Å²) in [6, 6.07) is 11.1. The molecule has 18 heavy (non-hydrogen) atoms. The average Bonchev–Trinajstić information content (AvgIpc) is 2.88. The number of hydrogen-bond donors (Lipinski definition) is 0. The largest absolute Gasteiger partial charge is 0.464 e. The summed E-state index contributed by atoms with van der Waals surface area (Å²) >= 11 is 0. The molecular weight excluding hydrogens is 230 g/mol. The molecule has 0 saturated carbocycles. The second-order valence-electron chi connectivity index (χ2n) is 3.60. The molecule has 2 rings (SSSR count). The molecule has 0 saturated heterocycles. The maximum atomic E-state index is 11.3. The summed E-state index contributed by atoms with van der Waals surface area (Å²) in [5.74, 6) is -0.480. The van der Waals surface area contributed by atoms with E-state index in [2.05, 4.69) is 15.9 Å². The monoisotopic (exact) mass is 241 g/mol. The molecular formula is C13H11N3O2. The van der Waals surface area contributed by atoms with E-state index in [4.69, 9.17) is 5.26 Å². The lowest BCUT2D eigenvalue weighted by molar-refractivity contribution is 0.0593. The topological polar surface area (TPSA) is 67.9 Å². The van der Waals surface area contributed by atoms with Gasteiger partial charge in [-0.05, 0) is 17.7 Å². The molecule has 5 heteroatoms. The van der Waals surface area contributed by atoms with Crippen LogP contribution in [0.15, 0.2) is 36.5 Å². The Hall–Kier alpha value is -2.61.